The van der Waals surface area contributed by atoms with Crippen molar-refractivity contribution in [3.05, 3.63) is 16.8 Å². The van der Waals surface area contributed by atoms with Gasteiger partial charge in [0.2, 0.25) is 11.7 Å². The molecule has 3 rings (SSSR count). The van der Waals surface area contributed by atoms with Gasteiger partial charge in [-0.25, -0.2) is 4.98 Å². The average molecular weight is 222 g/mol. The molecule has 6 heteroatoms. The summed E-state index contributed by atoms with van der Waals surface area (Å²) in [6.07, 6.45) is 2.51. The Bertz CT molecular complexity index is 435. The molecule has 1 saturated carbocycles. The fourth-order valence-electron chi connectivity index (χ4n) is 1.27. The zero-order valence-corrected chi connectivity index (χ0v) is 8.83. The Hall–Kier alpha value is -1.27. The molecular weight excluding hydrogens is 212 g/mol. The maximum Gasteiger partial charge on any atom is 0.240 e. The van der Waals surface area contributed by atoms with Crippen LogP contribution in [0.25, 0.3) is 11.5 Å². The monoisotopic (exact) mass is 222 g/mol. The predicted molar refractivity (Wildman–Crippen MR) is 55.3 cm³/mol. The van der Waals surface area contributed by atoms with Crippen molar-refractivity contribution in [2.24, 2.45) is 0 Å². The van der Waals surface area contributed by atoms with Crippen molar-refractivity contribution in [1.82, 2.24) is 20.4 Å². The van der Waals surface area contributed by atoms with E-state index in [2.05, 4.69) is 20.4 Å². The average Bonchev–Trinajstić information content (AvgIpc) is 2.78. The lowest BCUT2D eigenvalue weighted by atomic mass is 10.5. The second-order valence-electron chi connectivity index (χ2n) is 3.54. The van der Waals surface area contributed by atoms with E-state index >= 15 is 0 Å². The Morgan fingerprint density at radius 2 is 2.47 bits per heavy atom. The van der Waals surface area contributed by atoms with E-state index in [1.807, 2.05) is 5.38 Å². The molecule has 0 radical (unpaired) electrons. The topological polar surface area (TPSA) is 63.8 Å². The summed E-state index contributed by atoms with van der Waals surface area (Å²) in [6, 6.07) is 0.652. The van der Waals surface area contributed by atoms with Crippen molar-refractivity contribution >= 4 is 11.3 Å². The van der Waals surface area contributed by atoms with Gasteiger partial charge in [0.25, 0.3) is 0 Å². The quantitative estimate of drug-likeness (QED) is 0.848. The molecule has 5 nitrogen and oxygen atoms in total. The zero-order chi connectivity index (χ0) is 10.1. The Kier molecular flexibility index (Phi) is 2.22. The summed E-state index contributed by atoms with van der Waals surface area (Å²) < 4.78 is 5.11. The maximum atomic E-state index is 5.11. The van der Waals surface area contributed by atoms with Gasteiger partial charge in [-0.2, -0.15) is 4.98 Å². The van der Waals surface area contributed by atoms with Gasteiger partial charge < -0.3 is 9.84 Å². The predicted octanol–water partition coefficient (Wildman–Crippen LogP) is 1.45. The van der Waals surface area contributed by atoms with Crippen LogP contribution in [0.4, 0.5) is 0 Å². The third-order valence-corrected chi connectivity index (χ3v) is 2.84. The molecule has 0 amide bonds. The lowest BCUT2D eigenvalue weighted by molar-refractivity contribution is 0.367. The van der Waals surface area contributed by atoms with E-state index in [1.54, 1.807) is 5.51 Å². The molecule has 2 aromatic rings. The van der Waals surface area contributed by atoms with E-state index in [0.717, 1.165) is 5.69 Å². The fraction of sp³-hybridized carbons (Fsp3) is 0.444. The largest absolute Gasteiger partial charge is 0.337 e. The lowest BCUT2D eigenvalue weighted by Crippen LogP contribution is -2.15. The van der Waals surface area contributed by atoms with Crippen molar-refractivity contribution in [1.29, 1.82) is 0 Å². The van der Waals surface area contributed by atoms with E-state index in [9.17, 15) is 0 Å². The standard InChI is InChI=1S/C9H10N4OS/c1-2-6(1)10-3-8-12-9(13-14-8)7-4-15-5-11-7/h4-6,10H,1-3H2. The first kappa shape index (κ1) is 8.99. The van der Waals surface area contributed by atoms with Gasteiger partial charge >= 0.3 is 0 Å². The highest BCUT2D eigenvalue weighted by molar-refractivity contribution is 7.07. The van der Waals surface area contributed by atoms with Crippen LogP contribution in [0.1, 0.15) is 18.7 Å². The fourth-order valence-corrected chi connectivity index (χ4v) is 1.80. The molecule has 2 heterocycles. The third kappa shape index (κ3) is 2.05. The first-order valence-electron chi connectivity index (χ1n) is 4.86. The molecule has 0 atom stereocenters. The molecule has 2 aromatic heterocycles. The molecule has 15 heavy (non-hydrogen) atoms. The van der Waals surface area contributed by atoms with Gasteiger partial charge in [-0.1, -0.05) is 5.16 Å². The third-order valence-electron chi connectivity index (χ3n) is 2.25. The van der Waals surface area contributed by atoms with E-state index in [-0.39, 0.29) is 0 Å². The van der Waals surface area contributed by atoms with E-state index < -0.39 is 0 Å². The van der Waals surface area contributed by atoms with Crippen LogP contribution in [0.15, 0.2) is 15.4 Å². The summed E-state index contributed by atoms with van der Waals surface area (Å²) in [5.74, 6) is 1.20. The number of rotatable bonds is 4. The summed E-state index contributed by atoms with van der Waals surface area (Å²) in [7, 11) is 0. The summed E-state index contributed by atoms with van der Waals surface area (Å²) >= 11 is 1.52. The van der Waals surface area contributed by atoms with Crippen LogP contribution >= 0.6 is 11.3 Å². The first-order valence-corrected chi connectivity index (χ1v) is 5.80. The Balaban J connectivity index is 1.69. The number of nitrogens with zero attached hydrogens (tertiary/aromatic N) is 3. The highest BCUT2D eigenvalue weighted by Gasteiger charge is 2.21. The molecule has 78 valence electrons. The summed E-state index contributed by atoms with van der Waals surface area (Å²) in [6.45, 7) is 0.655. The molecule has 0 aromatic carbocycles. The van der Waals surface area contributed by atoms with E-state index in [0.29, 0.717) is 24.3 Å². The van der Waals surface area contributed by atoms with Crippen LogP contribution in [0.3, 0.4) is 0 Å². The molecule has 0 saturated heterocycles. The molecule has 0 bridgehead atoms. The molecule has 0 spiro atoms. The number of nitrogens with one attached hydrogen (secondary N) is 1. The van der Waals surface area contributed by atoms with Gasteiger partial charge in [0.05, 0.1) is 12.1 Å². The summed E-state index contributed by atoms with van der Waals surface area (Å²) in [4.78, 5) is 8.38. The number of hydrogen-bond donors (Lipinski definition) is 1. The van der Waals surface area contributed by atoms with Crippen molar-refractivity contribution in [2.75, 3.05) is 0 Å². The summed E-state index contributed by atoms with van der Waals surface area (Å²) in [5.41, 5.74) is 2.54. The van der Waals surface area contributed by atoms with Crippen LogP contribution < -0.4 is 5.32 Å². The van der Waals surface area contributed by atoms with Crippen molar-refractivity contribution in [2.45, 2.75) is 25.4 Å². The molecule has 1 aliphatic carbocycles. The van der Waals surface area contributed by atoms with Crippen molar-refractivity contribution in [3.8, 4) is 11.5 Å². The van der Waals surface area contributed by atoms with E-state index in [4.69, 9.17) is 4.52 Å². The number of hydrogen-bond acceptors (Lipinski definition) is 6. The van der Waals surface area contributed by atoms with Gasteiger partial charge in [-0.3, -0.25) is 0 Å². The second-order valence-corrected chi connectivity index (χ2v) is 4.26. The molecule has 1 N–H and O–H groups in total. The Morgan fingerprint density at radius 1 is 1.53 bits per heavy atom. The second kappa shape index (κ2) is 3.71. The minimum Gasteiger partial charge on any atom is -0.337 e. The molecule has 1 aliphatic rings. The van der Waals surface area contributed by atoms with Crippen molar-refractivity contribution < 1.29 is 4.52 Å². The smallest absolute Gasteiger partial charge is 0.240 e. The van der Waals surface area contributed by atoms with Crippen LogP contribution in [0, 0.1) is 0 Å². The number of aromatic nitrogens is 3. The molecule has 0 aliphatic heterocycles. The maximum absolute atomic E-state index is 5.11. The zero-order valence-electron chi connectivity index (χ0n) is 8.01. The molecule has 0 unspecified atom stereocenters. The molecular formula is C9H10N4OS. The highest BCUT2D eigenvalue weighted by Crippen LogP contribution is 2.19. The van der Waals surface area contributed by atoms with Gasteiger partial charge in [0.1, 0.15) is 5.69 Å². The van der Waals surface area contributed by atoms with E-state index in [1.165, 1.54) is 24.2 Å². The minimum atomic E-state index is 0.573. The highest BCUT2D eigenvalue weighted by atomic mass is 32.1. The Morgan fingerprint density at radius 3 is 3.20 bits per heavy atom. The summed E-state index contributed by atoms with van der Waals surface area (Å²) in [5, 5.41) is 9.10. The van der Waals surface area contributed by atoms with Gasteiger partial charge in [0, 0.05) is 11.4 Å². The van der Waals surface area contributed by atoms with Crippen LogP contribution in [0.5, 0.6) is 0 Å². The first-order chi connectivity index (χ1) is 7.42. The minimum absolute atomic E-state index is 0.573. The number of thiazole rings is 1. The SMILES string of the molecule is c1nc(-c2noc(CNC3CC3)n2)cs1. The van der Waals surface area contributed by atoms with Crippen LogP contribution in [-0.2, 0) is 6.54 Å². The van der Waals surface area contributed by atoms with Gasteiger partial charge in [-0.05, 0) is 12.8 Å². The van der Waals surface area contributed by atoms with Gasteiger partial charge in [0.15, 0.2) is 0 Å². The lowest BCUT2D eigenvalue weighted by Gasteiger charge is -1.94. The van der Waals surface area contributed by atoms with Crippen LogP contribution in [-0.4, -0.2) is 21.2 Å². The van der Waals surface area contributed by atoms with Crippen LogP contribution in [0.2, 0.25) is 0 Å². The van der Waals surface area contributed by atoms with Gasteiger partial charge in [-0.15, -0.1) is 11.3 Å². The normalized spacial score (nSPS) is 15.7. The van der Waals surface area contributed by atoms with Crippen molar-refractivity contribution in [3.63, 3.8) is 0 Å². The Labute approximate surface area is 90.5 Å². The molecule has 1 fully saturated rings.